The van der Waals surface area contributed by atoms with Gasteiger partial charge in [-0.15, -0.1) is 26.3 Å². The van der Waals surface area contributed by atoms with Crippen molar-refractivity contribution in [2.45, 2.75) is 49.5 Å². The summed E-state index contributed by atoms with van der Waals surface area (Å²) in [4.78, 5) is 28.6. The lowest BCUT2D eigenvalue weighted by Gasteiger charge is -2.39. The molecule has 1 aliphatic carbocycles. The summed E-state index contributed by atoms with van der Waals surface area (Å²) >= 11 is 1.28. The van der Waals surface area contributed by atoms with E-state index in [0.29, 0.717) is 32.8 Å². The lowest BCUT2D eigenvalue weighted by molar-refractivity contribution is -0.275. The number of halogens is 6. The van der Waals surface area contributed by atoms with Gasteiger partial charge in [-0.1, -0.05) is 23.5 Å². The molecule has 1 saturated heterocycles. The van der Waals surface area contributed by atoms with Crippen molar-refractivity contribution in [1.29, 1.82) is 0 Å². The number of alkyl halides is 6. The van der Waals surface area contributed by atoms with Gasteiger partial charge >= 0.3 is 12.7 Å². The number of sulfonamides is 1. The zero-order valence-corrected chi connectivity index (χ0v) is 26.3. The van der Waals surface area contributed by atoms with Crippen LogP contribution in [0.5, 0.6) is 11.5 Å². The third kappa shape index (κ3) is 8.24. The van der Waals surface area contributed by atoms with Crippen molar-refractivity contribution < 1.29 is 49.0 Å². The summed E-state index contributed by atoms with van der Waals surface area (Å²) in [6.45, 7) is -0.346. The Balaban J connectivity index is 1.23. The molecule has 0 radical (unpaired) electrons. The fraction of sp³-hybridized carbons (Fsp3) is 0.379. The molecule has 0 unspecified atom stereocenters. The molecule has 2 aromatic heterocycles. The number of amides is 1. The van der Waals surface area contributed by atoms with Crippen LogP contribution >= 0.6 is 11.3 Å². The monoisotopic (exact) mass is 716 g/mol. The third-order valence-corrected chi connectivity index (χ3v) is 10.5. The molecule has 19 heteroatoms. The number of ether oxygens (including phenoxy) is 2. The van der Waals surface area contributed by atoms with Crippen molar-refractivity contribution >= 4 is 42.7 Å². The van der Waals surface area contributed by atoms with Gasteiger partial charge in [-0.3, -0.25) is 4.79 Å². The lowest BCUT2D eigenvalue weighted by atomic mass is 10.1. The zero-order chi connectivity index (χ0) is 34.3. The van der Waals surface area contributed by atoms with Gasteiger partial charge in [0.25, 0.3) is 0 Å². The highest BCUT2D eigenvalue weighted by Crippen LogP contribution is 2.34. The number of carbonyl (C=O) groups excluding carboxylic acids is 1. The van der Waals surface area contributed by atoms with Gasteiger partial charge in [0.05, 0.1) is 15.8 Å². The molecule has 1 aliphatic heterocycles. The maximum Gasteiger partial charge on any atom is 0.573 e. The molecule has 2 aliphatic rings. The topological polar surface area (TPSA) is 127 Å². The first-order valence-corrected chi connectivity index (χ1v) is 16.8. The summed E-state index contributed by atoms with van der Waals surface area (Å²) in [6, 6.07) is 7.07. The number of carbonyl (C=O) groups is 1. The smallest absolute Gasteiger partial charge is 0.406 e. The van der Waals surface area contributed by atoms with Crippen LogP contribution in [-0.4, -0.2) is 72.0 Å². The van der Waals surface area contributed by atoms with Crippen LogP contribution in [0.25, 0.3) is 10.3 Å². The van der Waals surface area contributed by atoms with E-state index in [-0.39, 0.29) is 31.1 Å². The molecule has 1 atom stereocenters. The molecule has 0 spiro atoms. The van der Waals surface area contributed by atoms with Crippen LogP contribution in [-0.2, 0) is 27.8 Å². The Morgan fingerprint density at radius 1 is 0.917 bits per heavy atom. The van der Waals surface area contributed by atoms with Crippen LogP contribution in [0.15, 0.2) is 59.6 Å². The second kappa shape index (κ2) is 13.0. The van der Waals surface area contributed by atoms with Gasteiger partial charge in [0, 0.05) is 32.6 Å². The number of aromatic nitrogens is 3. The van der Waals surface area contributed by atoms with E-state index in [4.69, 9.17) is 0 Å². The molecule has 2 aromatic carbocycles. The predicted octanol–water partition coefficient (Wildman–Crippen LogP) is 5.03. The highest BCUT2D eigenvalue weighted by Gasteiger charge is 2.41. The predicted molar refractivity (Wildman–Crippen MR) is 160 cm³/mol. The average Bonchev–Trinajstić information content (AvgIpc) is 3.73. The van der Waals surface area contributed by atoms with Gasteiger partial charge in [0.15, 0.2) is 10.8 Å². The van der Waals surface area contributed by atoms with Crippen LogP contribution in [0.3, 0.4) is 0 Å². The molecule has 4 aromatic rings. The Bertz CT molecular complexity index is 1880. The second-order valence-electron chi connectivity index (χ2n) is 11.1. The molecule has 2 fully saturated rings. The molecule has 6 rings (SSSR count). The molecule has 3 heterocycles. The highest BCUT2D eigenvalue weighted by molar-refractivity contribution is 7.89. The van der Waals surface area contributed by atoms with Gasteiger partial charge in [-0.25, -0.2) is 18.4 Å². The van der Waals surface area contributed by atoms with Crippen molar-refractivity contribution in [3.8, 4) is 11.5 Å². The van der Waals surface area contributed by atoms with Crippen LogP contribution in [0.2, 0.25) is 0 Å². The Hall–Kier alpha value is -4.23. The van der Waals surface area contributed by atoms with Gasteiger partial charge < -0.3 is 19.7 Å². The largest absolute Gasteiger partial charge is 0.573 e. The SMILES string of the molecule is O=C(NCc1ccc(OC(F)(F)F)cc1)[C@H]1CN(c2nc3nc(CC4CC4)ncc3s2)CCN1S(=O)(=O)c1ccc(OC(F)(F)F)cc1. The third-order valence-electron chi connectivity index (χ3n) is 7.55. The van der Waals surface area contributed by atoms with Gasteiger partial charge in [0.1, 0.15) is 23.4 Å². The summed E-state index contributed by atoms with van der Waals surface area (Å²) in [5.74, 6) is -0.548. The first-order chi connectivity index (χ1) is 22.6. The quantitative estimate of drug-likeness (QED) is 0.225. The fourth-order valence-corrected chi connectivity index (χ4v) is 7.56. The number of nitrogens with one attached hydrogen (secondary N) is 1. The Morgan fingerprint density at radius 3 is 2.15 bits per heavy atom. The maximum absolute atomic E-state index is 13.8. The minimum atomic E-state index is -4.98. The number of hydrogen-bond donors (Lipinski definition) is 1. The summed E-state index contributed by atoms with van der Waals surface area (Å²) in [5, 5.41) is 3.13. The Morgan fingerprint density at radius 2 is 1.54 bits per heavy atom. The first kappa shape index (κ1) is 33.7. The van der Waals surface area contributed by atoms with Crippen molar-refractivity contribution in [2.75, 3.05) is 24.5 Å². The maximum atomic E-state index is 13.8. The van der Waals surface area contributed by atoms with Crippen LogP contribution in [0.4, 0.5) is 31.5 Å². The molecule has 256 valence electrons. The molecule has 1 saturated carbocycles. The summed E-state index contributed by atoms with van der Waals surface area (Å²) in [6.07, 6.45) is -5.16. The molecular weight excluding hydrogens is 690 g/mol. The van der Waals surface area contributed by atoms with E-state index in [1.54, 1.807) is 11.1 Å². The van der Waals surface area contributed by atoms with Crippen molar-refractivity contribution in [3.63, 3.8) is 0 Å². The van der Waals surface area contributed by atoms with Crippen molar-refractivity contribution in [1.82, 2.24) is 24.6 Å². The van der Waals surface area contributed by atoms with E-state index in [2.05, 4.69) is 29.7 Å². The minimum absolute atomic E-state index is 0.126. The Kier molecular flexibility index (Phi) is 9.12. The van der Waals surface area contributed by atoms with Crippen molar-refractivity contribution in [3.05, 3.63) is 66.1 Å². The van der Waals surface area contributed by atoms with Crippen LogP contribution < -0.4 is 19.7 Å². The normalized spacial score (nSPS) is 17.8. The van der Waals surface area contributed by atoms with Crippen LogP contribution in [0.1, 0.15) is 24.2 Å². The number of fused-ring (bicyclic) bond motifs is 1. The van der Waals surface area contributed by atoms with E-state index in [1.165, 1.54) is 23.5 Å². The zero-order valence-electron chi connectivity index (χ0n) is 24.7. The van der Waals surface area contributed by atoms with Gasteiger partial charge in [0.2, 0.25) is 15.9 Å². The number of nitrogens with zero attached hydrogens (tertiary/aromatic N) is 5. The second-order valence-corrected chi connectivity index (χ2v) is 14.0. The minimum Gasteiger partial charge on any atom is -0.406 e. The summed E-state index contributed by atoms with van der Waals surface area (Å²) in [5.41, 5.74) is 0.891. The van der Waals surface area contributed by atoms with E-state index in [1.807, 2.05) is 0 Å². The van der Waals surface area contributed by atoms with E-state index >= 15 is 0 Å². The first-order valence-electron chi connectivity index (χ1n) is 14.5. The summed E-state index contributed by atoms with van der Waals surface area (Å²) < 4.78 is 112. The summed E-state index contributed by atoms with van der Waals surface area (Å²) in [7, 11) is -4.42. The van der Waals surface area contributed by atoms with E-state index in [9.17, 15) is 39.6 Å². The fourth-order valence-electron chi connectivity index (χ4n) is 5.08. The number of anilines is 1. The molecule has 11 nitrogen and oxygen atoms in total. The van der Waals surface area contributed by atoms with Gasteiger partial charge in [-0.2, -0.15) is 9.29 Å². The Labute approximate surface area is 273 Å². The number of piperazine rings is 1. The molecule has 1 N–H and O–H groups in total. The van der Waals surface area contributed by atoms with Gasteiger partial charge in [-0.05, 0) is 60.7 Å². The molecule has 0 bridgehead atoms. The molecule has 48 heavy (non-hydrogen) atoms. The number of rotatable bonds is 10. The standard InChI is InChI=1S/C29H26F6N6O5S2/c30-28(31,32)45-19-5-3-18(4-6-19)14-37-26(42)22-16-40(27-39-25-23(47-27)15-36-24(38-25)13-17-1-2-17)11-12-41(22)48(43,44)21-9-7-20(8-10-21)46-29(33,34)35/h3-10,15,17,22H,1-2,11-14,16H2,(H,37,42)/t22-/m1/s1. The van der Waals surface area contributed by atoms with Crippen molar-refractivity contribution in [2.24, 2.45) is 5.92 Å². The highest BCUT2D eigenvalue weighted by atomic mass is 32.2. The number of benzene rings is 2. The van der Waals surface area contributed by atoms with E-state index in [0.717, 1.165) is 60.0 Å². The lowest BCUT2D eigenvalue weighted by Crippen LogP contribution is -2.60. The molecule has 1 amide bonds. The van der Waals surface area contributed by atoms with E-state index < -0.39 is 46.2 Å². The molecular formula is C29H26F6N6O5S2. The van der Waals surface area contributed by atoms with Crippen LogP contribution in [0, 0.1) is 5.92 Å². The number of hydrogen-bond acceptors (Lipinski definition) is 10. The number of thiazole rings is 1. The average molecular weight is 717 g/mol.